The number of nitrogens with zero attached hydrogens (tertiary/aromatic N) is 2. The van der Waals surface area contributed by atoms with Crippen molar-refractivity contribution >= 4 is 56.3 Å². The lowest BCUT2D eigenvalue weighted by Crippen LogP contribution is -2.43. The number of fused-ring (bicyclic) bond motifs is 1. The van der Waals surface area contributed by atoms with E-state index >= 15 is 0 Å². The van der Waals surface area contributed by atoms with Crippen molar-refractivity contribution in [3.63, 3.8) is 0 Å². The van der Waals surface area contributed by atoms with E-state index < -0.39 is 16.1 Å². The minimum atomic E-state index is -1.24. The first-order valence-corrected chi connectivity index (χ1v) is 22.9. The average molecular weight is 647 g/mol. The van der Waals surface area contributed by atoms with Gasteiger partial charge in [-0.15, -0.1) is 0 Å². The van der Waals surface area contributed by atoms with Crippen molar-refractivity contribution in [2.45, 2.75) is 103 Å². The van der Waals surface area contributed by atoms with Crippen LogP contribution in [-0.4, -0.2) is 64.3 Å². The Morgan fingerprint density at radius 1 is 1.02 bits per heavy atom. The molecule has 12 heteroatoms. The van der Waals surface area contributed by atoms with Gasteiger partial charge in [0.2, 0.25) is 5.91 Å². The molecule has 232 valence electrons. The van der Waals surface area contributed by atoms with Crippen molar-refractivity contribution < 1.29 is 23.7 Å². The fourth-order valence-corrected chi connectivity index (χ4v) is 6.72. The molecule has 1 aliphatic rings. The molecule has 2 atom stereocenters. The van der Waals surface area contributed by atoms with Gasteiger partial charge >= 0.3 is 0 Å². The van der Waals surface area contributed by atoms with Crippen molar-refractivity contribution in [2.24, 2.45) is 5.92 Å². The monoisotopic (exact) mass is 645 g/mol. The minimum absolute atomic E-state index is 0.0212. The van der Waals surface area contributed by atoms with Crippen LogP contribution < -0.4 is 10.1 Å². The van der Waals surface area contributed by atoms with Gasteiger partial charge in [0.15, 0.2) is 5.75 Å². The molecule has 1 saturated carbocycles. The molecule has 0 bridgehead atoms. The molecular formula is C29H49Cl2N3O5Si2. The summed E-state index contributed by atoms with van der Waals surface area (Å²) in [5.74, 6) is 1.31. The van der Waals surface area contributed by atoms with Crippen molar-refractivity contribution in [1.82, 2.24) is 14.9 Å². The van der Waals surface area contributed by atoms with E-state index in [0.717, 1.165) is 43.3 Å². The molecular weight excluding hydrogens is 597 g/mol. The van der Waals surface area contributed by atoms with Crippen LogP contribution in [0.5, 0.6) is 5.75 Å². The van der Waals surface area contributed by atoms with Gasteiger partial charge in [0.25, 0.3) is 0 Å². The summed E-state index contributed by atoms with van der Waals surface area (Å²) >= 11 is 13.3. The predicted molar refractivity (Wildman–Crippen MR) is 173 cm³/mol. The number of hydrogen-bond acceptors (Lipinski definition) is 6. The molecule has 1 fully saturated rings. The fourth-order valence-electron chi connectivity index (χ4n) is 4.82. The summed E-state index contributed by atoms with van der Waals surface area (Å²) < 4.78 is 26.1. The Labute approximate surface area is 257 Å². The summed E-state index contributed by atoms with van der Waals surface area (Å²) in [4.78, 5) is 16.7. The molecule has 1 amide bonds. The highest BCUT2D eigenvalue weighted by molar-refractivity contribution is 6.76. The van der Waals surface area contributed by atoms with Crippen LogP contribution in [0, 0.1) is 5.92 Å². The minimum Gasteiger partial charge on any atom is -0.489 e. The molecule has 0 spiro atoms. The second-order valence-electron chi connectivity index (χ2n) is 13.5. The Morgan fingerprint density at radius 3 is 2.34 bits per heavy atom. The third kappa shape index (κ3) is 11.1. The van der Waals surface area contributed by atoms with Gasteiger partial charge in [-0.25, -0.2) is 4.98 Å². The van der Waals surface area contributed by atoms with E-state index in [-0.39, 0.29) is 31.3 Å². The van der Waals surface area contributed by atoms with Crippen LogP contribution in [-0.2, 0) is 32.3 Å². The lowest BCUT2D eigenvalue weighted by atomic mass is 9.85. The molecule has 41 heavy (non-hydrogen) atoms. The molecule has 1 aromatic heterocycles. The van der Waals surface area contributed by atoms with Crippen LogP contribution in [0.25, 0.3) is 11.0 Å². The van der Waals surface area contributed by atoms with Crippen LogP contribution in [0.2, 0.25) is 61.4 Å². The van der Waals surface area contributed by atoms with Gasteiger partial charge in [-0.3, -0.25) is 4.79 Å². The smallest absolute Gasteiger partial charge is 0.217 e. The third-order valence-electron chi connectivity index (χ3n) is 7.32. The van der Waals surface area contributed by atoms with Crippen LogP contribution in [0.4, 0.5) is 0 Å². The normalized spacial score (nSPS) is 18.2. The lowest BCUT2D eigenvalue weighted by Gasteiger charge is -2.31. The molecule has 0 unspecified atom stereocenters. The van der Waals surface area contributed by atoms with E-state index in [1.54, 1.807) is 6.92 Å². The summed E-state index contributed by atoms with van der Waals surface area (Å²) in [6, 6.07) is 4.04. The van der Waals surface area contributed by atoms with E-state index in [0.29, 0.717) is 53.7 Å². The fraction of sp³-hybridized carbons (Fsp3) is 0.724. The summed E-state index contributed by atoms with van der Waals surface area (Å²) in [5.41, 5.74) is 1.40. The molecule has 1 aromatic carbocycles. The van der Waals surface area contributed by atoms with Gasteiger partial charge in [0.05, 0.1) is 17.1 Å². The number of hydrogen-bond donors (Lipinski definition) is 1. The molecule has 1 aliphatic carbocycles. The zero-order chi connectivity index (χ0) is 30.2. The molecule has 1 heterocycles. The Hall–Kier alpha value is -1.15. The highest BCUT2D eigenvalue weighted by Crippen LogP contribution is 2.40. The number of aromatic nitrogens is 2. The van der Waals surface area contributed by atoms with Gasteiger partial charge < -0.3 is 28.8 Å². The van der Waals surface area contributed by atoms with Crippen LogP contribution in [0.1, 0.15) is 38.4 Å². The Bertz CT molecular complexity index is 1150. The lowest BCUT2D eigenvalue weighted by molar-refractivity contribution is -0.120. The van der Waals surface area contributed by atoms with E-state index in [2.05, 4.69) is 44.6 Å². The first kappa shape index (κ1) is 34.3. The standard InChI is InChI=1S/C29H49Cl2N3O5Si2/c1-21(35)32-24-11-9-8-10-22(24)17-39-29-27(31)23(30)16-25-28(29)33-26(18-38-20-37-13-15-41(5,6)7)34(25)19-36-12-14-40(2,3)4/h16,22,24H,8-15,17-20H2,1-7H3,(H,32,35)/t22-,24-/m1/s1. The van der Waals surface area contributed by atoms with E-state index in [9.17, 15) is 4.79 Å². The van der Waals surface area contributed by atoms with Gasteiger partial charge in [-0.1, -0.05) is 75.3 Å². The summed E-state index contributed by atoms with van der Waals surface area (Å²) in [6.07, 6.45) is 4.12. The number of carbonyl (C=O) groups excluding carboxylic acids is 1. The van der Waals surface area contributed by atoms with Crippen molar-refractivity contribution in [1.29, 1.82) is 0 Å². The quantitative estimate of drug-likeness (QED) is 0.115. The maximum Gasteiger partial charge on any atom is 0.217 e. The van der Waals surface area contributed by atoms with E-state index in [1.165, 1.54) is 0 Å². The number of halogens is 2. The summed E-state index contributed by atoms with van der Waals surface area (Å²) in [5, 5.41) is 3.81. The van der Waals surface area contributed by atoms with E-state index in [4.69, 9.17) is 47.1 Å². The van der Waals surface area contributed by atoms with Crippen LogP contribution in [0.15, 0.2) is 6.07 Å². The molecule has 0 radical (unpaired) electrons. The Kier molecular flexibility index (Phi) is 13.0. The second kappa shape index (κ2) is 15.5. The maximum atomic E-state index is 11.8. The second-order valence-corrected chi connectivity index (χ2v) is 25.5. The van der Waals surface area contributed by atoms with Gasteiger partial charge in [-0.2, -0.15) is 0 Å². The SMILES string of the molecule is CC(=O)N[C@@H]1CCCC[C@@H]1COc1c(Cl)c(Cl)cc2c1nc(COCOCC[Si](C)(C)C)n2COCC[Si](C)(C)C. The molecule has 8 nitrogen and oxygen atoms in total. The van der Waals surface area contributed by atoms with Crippen molar-refractivity contribution in [3.8, 4) is 5.75 Å². The number of rotatable bonds is 16. The van der Waals surface area contributed by atoms with Gasteiger partial charge in [0.1, 0.15) is 36.5 Å². The average Bonchev–Trinajstić information content (AvgIpc) is 3.20. The highest BCUT2D eigenvalue weighted by atomic mass is 35.5. The largest absolute Gasteiger partial charge is 0.489 e. The van der Waals surface area contributed by atoms with Crippen molar-refractivity contribution in [3.05, 3.63) is 21.9 Å². The molecule has 0 saturated heterocycles. The van der Waals surface area contributed by atoms with Crippen molar-refractivity contribution in [2.75, 3.05) is 26.6 Å². The van der Waals surface area contributed by atoms with Gasteiger partial charge in [-0.05, 0) is 31.0 Å². The molecule has 1 N–H and O–H groups in total. The molecule has 3 rings (SSSR count). The summed E-state index contributed by atoms with van der Waals surface area (Å²) in [6.45, 7) is 18.1. The Balaban J connectivity index is 1.81. The zero-order valence-electron chi connectivity index (χ0n) is 25.9. The number of ether oxygens (including phenoxy) is 4. The first-order valence-electron chi connectivity index (χ1n) is 14.8. The zero-order valence-corrected chi connectivity index (χ0v) is 29.4. The maximum absolute atomic E-state index is 11.8. The summed E-state index contributed by atoms with van der Waals surface area (Å²) in [7, 11) is -2.40. The number of imidazole rings is 1. The van der Waals surface area contributed by atoms with Gasteiger partial charge in [0, 0.05) is 48.2 Å². The van der Waals surface area contributed by atoms with Crippen LogP contribution in [0.3, 0.4) is 0 Å². The predicted octanol–water partition coefficient (Wildman–Crippen LogP) is 7.56. The first-order chi connectivity index (χ1) is 19.2. The number of carbonyl (C=O) groups is 1. The Morgan fingerprint density at radius 2 is 1.68 bits per heavy atom. The number of amides is 1. The topological polar surface area (TPSA) is 83.8 Å². The molecule has 2 aromatic rings. The van der Waals surface area contributed by atoms with E-state index in [1.807, 2.05) is 10.6 Å². The third-order valence-corrected chi connectivity index (χ3v) is 11.5. The number of benzene rings is 1. The van der Waals surface area contributed by atoms with Crippen LogP contribution >= 0.6 is 23.2 Å². The number of nitrogens with one attached hydrogen (secondary N) is 1. The highest BCUT2D eigenvalue weighted by Gasteiger charge is 2.28. The molecule has 0 aliphatic heterocycles.